The van der Waals surface area contributed by atoms with Crippen LogP contribution in [0.3, 0.4) is 0 Å². The third kappa shape index (κ3) is 3.51. The molecule has 2 aliphatic rings. The van der Waals surface area contributed by atoms with Crippen LogP contribution in [0.4, 0.5) is 24.7 Å². The molecule has 0 radical (unpaired) electrons. The molecular formula is C21H18F3N3O4. The van der Waals surface area contributed by atoms with Crippen molar-refractivity contribution in [1.29, 1.82) is 0 Å². The van der Waals surface area contributed by atoms with Crippen LogP contribution in [0.1, 0.15) is 0 Å². The molecule has 4 atom stereocenters. The standard InChI is InChI=1S/C21H18F3N3O4/c1-28-15-5-10-14(6-16(15)31-17-8-30-19-13(24)7-29-20(17)19)25-9-26-21(10)27-18-11(22)3-2-4-12(18)23/h2-6,9,13,17,19-20H,7-8H2,1H3,(H,25,26,27)/t13?,17?,19-,20-/m0/s1. The van der Waals surface area contributed by atoms with Crippen LogP contribution in [-0.4, -0.2) is 54.8 Å². The number of methoxy groups -OCH3 is 1. The van der Waals surface area contributed by atoms with E-state index in [9.17, 15) is 13.2 Å². The van der Waals surface area contributed by atoms with Crippen molar-refractivity contribution in [3.05, 3.63) is 48.3 Å². The van der Waals surface area contributed by atoms with Crippen LogP contribution in [0.15, 0.2) is 36.7 Å². The summed E-state index contributed by atoms with van der Waals surface area (Å²) in [6.45, 7) is 0.152. The van der Waals surface area contributed by atoms with Crippen molar-refractivity contribution >= 4 is 22.4 Å². The lowest BCUT2D eigenvalue weighted by molar-refractivity contribution is 0.0271. The number of benzene rings is 2. The topological polar surface area (TPSA) is 74.7 Å². The maximum atomic E-state index is 14.1. The number of nitrogens with zero attached hydrogens (tertiary/aromatic N) is 2. The van der Waals surface area contributed by atoms with Crippen LogP contribution in [0.2, 0.25) is 0 Å². The normalized spacial score (nSPS) is 24.9. The molecule has 0 bridgehead atoms. The Labute approximate surface area is 175 Å². The van der Waals surface area contributed by atoms with E-state index in [4.69, 9.17) is 18.9 Å². The van der Waals surface area contributed by atoms with E-state index in [1.807, 2.05) is 0 Å². The number of anilines is 2. The van der Waals surface area contributed by atoms with Gasteiger partial charge in [-0.1, -0.05) is 6.07 Å². The number of fused-ring (bicyclic) bond motifs is 2. The molecule has 1 aromatic heterocycles. The van der Waals surface area contributed by atoms with Crippen LogP contribution in [0.25, 0.3) is 10.9 Å². The van der Waals surface area contributed by atoms with E-state index in [1.165, 1.54) is 19.5 Å². The van der Waals surface area contributed by atoms with E-state index in [2.05, 4.69) is 15.3 Å². The van der Waals surface area contributed by atoms with Gasteiger partial charge >= 0.3 is 0 Å². The average Bonchev–Trinajstić information content (AvgIpc) is 3.33. The summed E-state index contributed by atoms with van der Waals surface area (Å²) in [7, 11) is 1.46. The van der Waals surface area contributed by atoms with Gasteiger partial charge in [0.25, 0.3) is 0 Å². The zero-order chi connectivity index (χ0) is 21.5. The molecule has 10 heteroatoms. The Hall–Kier alpha value is -3.11. The summed E-state index contributed by atoms with van der Waals surface area (Å²) in [5, 5.41) is 3.15. The number of hydrogen-bond donors (Lipinski definition) is 1. The predicted octanol–water partition coefficient (Wildman–Crippen LogP) is 3.54. The number of rotatable bonds is 5. The number of para-hydroxylation sites is 1. The Kier molecular flexibility index (Phi) is 5.03. The minimum absolute atomic E-state index is 0.0289. The second kappa shape index (κ2) is 7.86. The number of nitrogens with one attached hydrogen (secondary N) is 1. The molecule has 3 heterocycles. The summed E-state index contributed by atoms with van der Waals surface area (Å²) in [5.41, 5.74) is 0.131. The van der Waals surface area contributed by atoms with Gasteiger partial charge in [-0.05, 0) is 18.2 Å². The van der Waals surface area contributed by atoms with Gasteiger partial charge < -0.3 is 24.3 Å². The first-order valence-electron chi connectivity index (χ1n) is 9.63. The number of halogens is 3. The Morgan fingerprint density at radius 2 is 1.81 bits per heavy atom. The highest BCUT2D eigenvalue weighted by molar-refractivity contribution is 5.93. The van der Waals surface area contributed by atoms with Crippen LogP contribution in [0, 0.1) is 11.6 Å². The minimum Gasteiger partial charge on any atom is -0.493 e. The van der Waals surface area contributed by atoms with Gasteiger partial charge in [-0.25, -0.2) is 23.1 Å². The maximum Gasteiger partial charge on any atom is 0.164 e. The smallest absolute Gasteiger partial charge is 0.164 e. The molecule has 0 aliphatic carbocycles. The zero-order valence-corrected chi connectivity index (χ0v) is 16.3. The SMILES string of the molecule is COc1cc2c(Nc3c(F)cccc3F)ncnc2cc1OC1CO[C@H]2C(F)CO[C@@H]12. The van der Waals surface area contributed by atoms with Gasteiger partial charge in [-0.2, -0.15) is 0 Å². The zero-order valence-electron chi connectivity index (χ0n) is 16.3. The Morgan fingerprint density at radius 3 is 2.58 bits per heavy atom. The molecule has 2 aromatic carbocycles. The first kappa shape index (κ1) is 19.8. The van der Waals surface area contributed by atoms with Crippen molar-refractivity contribution in [1.82, 2.24) is 9.97 Å². The van der Waals surface area contributed by atoms with Gasteiger partial charge in [0.15, 0.2) is 23.8 Å². The summed E-state index contributed by atoms with van der Waals surface area (Å²) in [6.07, 6.45) is -1.59. The predicted molar refractivity (Wildman–Crippen MR) is 105 cm³/mol. The molecule has 2 fully saturated rings. The van der Waals surface area contributed by atoms with Crippen LogP contribution >= 0.6 is 0 Å². The van der Waals surface area contributed by atoms with Crippen LogP contribution < -0.4 is 14.8 Å². The summed E-state index contributed by atoms with van der Waals surface area (Å²) in [6, 6.07) is 6.79. The molecule has 5 rings (SSSR count). The highest BCUT2D eigenvalue weighted by atomic mass is 19.1. The molecule has 0 saturated carbocycles. The van der Waals surface area contributed by atoms with Gasteiger partial charge in [0.05, 0.1) is 25.8 Å². The quantitative estimate of drug-likeness (QED) is 0.660. The number of aromatic nitrogens is 2. The molecule has 2 aliphatic heterocycles. The van der Waals surface area contributed by atoms with E-state index in [0.29, 0.717) is 22.4 Å². The van der Waals surface area contributed by atoms with Crippen LogP contribution in [-0.2, 0) is 9.47 Å². The van der Waals surface area contributed by atoms with Gasteiger partial charge in [0.2, 0.25) is 0 Å². The second-order valence-electron chi connectivity index (χ2n) is 7.23. The third-order valence-electron chi connectivity index (χ3n) is 5.35. The summed E-state index contributed by atoms with van der Waals surface area (Å²) < 4.78 is 64.3. The van der Waals surface area contributed by atoms with Crippen molar-refractivity contribution < 1.29 is 32.1 Å². The lowest BCUT2D eigenvalue weighted by atomic mass is 10.1. The maximum absolute atomic E-state index is 14.1. The lowest BCUT2D eigenvalue weighted by Crippen LogP contribution is -2.33. The molecule has 0 spiro atoms. The Balaban J connectivity index is 1.48. The number of ether oxygens (including phenoxy) is 4. The lowest BCUT2D eigenvalue weighted by Gasteiger charge is -2.20. The Morgan fingerprint density at radius 1 is 1.03 bits per heavy atom. The van der Waals surface area contributed by atoms with Crippen LogP contribution in [0.5, 0.6) is 11.5 Å². The van der Waals surface area contributed by atoms with Gasteiger partial charge in [-0.3, -0.25) is 0 Å². The third-order valence-corrected chi connectivity index (χ3v) is 5.35. The van der Waals surface area contributed by atoms with Crippen molar-refractivity contribution in [2.75, 3.05) is 25.6 Å². The van der Waals surface area contributed by atoms with E-state index in [0.717, 1.165) is 12.1 Å². The minimum atomic E-state index is -1.18. The average molecular weight is 433 g/mol. The first-order valence-corrected chi connectivity index (χ1v) is 9.63. The van der Waals surface area contributed by atoms with Crippen molar-refractivity contribution in [2.24, 2.45) is 0 Å². The van der Waals surface area contributed by atoms with E-state index < -0.39 is 36.1 Å². The molecule has 2 saturated heterocycles. The summed E-state index contributed by atoms with van der Waals surface area (Å²) in [4.78, 5) is 8.33. The van der Waals surface area contributed by atoms with E-state index in [1.54, 1.807) is 12.1 Å². The highest BCUT2D eigenvalue weighted by Gasteiger charge is 2.49. The first-order chi connectivity index (χ1) is 15.0. The summed E-state index contributed by atoms with van der Waals surface area (Å²) >= 11 is 0. The second-order valence-corrected chi connectivity index (χ2v) is 7.23. The van der Waals surface area contributed by atoms with Crippen molar-refractivity contribution in [3.8, 4) is 11.5 Å². The van der Waals surface area contributed by atoms with Crippen molar-refractivity contribution in [2.45, 2.75) is 24.5 Å². The fraction of sp³-hybridized carbons (Fsp3) is 0.333. The van der Waals surface area contributed by atoms with E-state index >= 15 is 0 Å². The fourth-order valence-electron chi connectivity index (χ4n) is 3.83. The Bertz CT molecular complexity index is 1110. The number of alkyl halides is 1. The van der Waals surface area contributed by atoms with Crippen molar-refractivity contribution in [3.63, 3.8) is 0 Å². The number of hydrogen-bond acceptors (Lipinski definition) is 7. The largest absolute Gasteiger partial charge is 0.493 e. The molecule has 2 unspecified atom stereocenters. The molecule has 7 nitrogen and oxygen atoms in total. The molecular weight excluding hydrogens is 415 g/mol. The molecule has 3 aromatic rings. The molecule has 31 heavy (non-hydrogen) atoms. The molecule has 1 N–H and O–H groups in total. The fourth-order valence-corrected chi connectivity index (χ4v) is 3.83. The highest BCUT2D eigenvalue weighted by Crippen LogP contribution is 2.38. The summed E-state index contributed by atoms with van der Waals surface area (Å²) in [5.74, 6) is -0.605. The van der Waals surface area contributed by atoms with Gasteiger partial charge in [0, 0.05) is 11.5 Å². The monoisotopic (exact) mass is 433 g/mol. The van der Waals surface area contributed by atoms with Gasteiger partial charge in [0.1, 0.15) is 41.7 Å². The van der Waals surface area contributed by atoms with Gasteiger partial charge in [-0.15, -0.1) is 0 Å². The molecule has 0 amide bonds. The molecule has 162 valence electrons. The van der Waals surface area contributed by atoms with E-state index in [-0.39, 0.29) is 24.7 Å².